The molecule has 1 saturated heterocycles. The number of allylic oxidation sites excluding steroid dienone is 1. The minimum Gasteiger partial charge on any atom is -0.394 e. The molecule has 1 aromatic heterocycles. The van der Waals surface area contributed by atoms with Crippen molar-refractivity contribution in [3.8, 4) is 0 Å². The number of imidazole rings is 1. The Kier molecular flexibility index (Phi) is 4.43. The summed E-state index contributed by atoms with van der Waals surface area (Å²) in [6.07, 6.45) is 3.79. The summed E-state index contributed by atoms with van der Waals surface area (Å²) in [6.45, 7) is 6.56. The Bertz CT molecular complexity index is 625. The third kappa shape index (κ3) is 3.12. The number of hydrogen-bond acceptors (Lipinski definition) is 6. The van der Waals surface area contributed by atoms with Crippen molar-refractivity contribution in [2.75, 3.05) is 6.61 Å². The molecule has 1 fully saturated rings. The van der Waals surface area contributed by atoms with Crippen LogP contribution in [0.15, 0.2) is 24.8 Å². The van der Waals surface area contributed by atoms with Crippen molar-refractivity contribution >= 4 is 5.70 Å². The lowest BCUT2D eigenvalue weighted by Gasteiger charge is -2.21. The first-order valence-electron chi connectivity index (χ1n) is 7.91. The summed E-state index contributed by atoms with van der Waals surface area (Å²) < 4.78 is 7.76. The third-order valence-electron chi connectivity index (χ3n) is 4.50. The van der Waals surface area contributed by atoms with Gasteiger partial charge in [0.2, 0.25) is 0 Å². The van der Waals surface area contributed by atoms with Crippen LogP contribution < -0.4 is 11.1 Å². The van der Waals surface area contributed by atoms with Gasteiger partial charge in [-0.05, 0) is 12.5 Å². The predicted molar refractivity (Wildman–Crippen MR) is 86.1 cm³/mol. The van der Waals surface area contributed by atoms with E-state index in [9.17, 15) is 10.2 Å². The van der Waals surface area contributed by atoms with Crippen molar-refractivity contribution in [1.82, 2.24) is 14.9 Å². The smallest absolute Gasteiger partial charge is 0.107 e. The van der Waals surface area contributed by atoms with Crippen LogP contribution in [0.3, 0.4) is 0 Å². The van der Waals surface area contributed by atoms with Crippen LogP contribution >= 0.6 is 0 Å². The lowest BCUT2D eigenvalue weighted by Crippen LogP contribution is -2.25. The average molecular weight is 320 g/mol. The van der Waals surface area contributed by atoms with Crippen LogP contribution in [0.25, 0.3) is 5.70 Å². The first-order chi connectivity index (χ1) is 11.0. The number of hydrogen-bond donors (Lipinski definition) is 4. The van der Waals surface area contributed by atoms with Gasteiger partial charge in [-0.15, -0.1) is 0 Å². The molecule has 1 aromatic rings. The van der Waals surface area contributed by atoms with Gasteiger partial charge in [-0.3, -0.25) is 0 Å². The van der Waals surface area contributed by atoms with E-state index >= 15 is 0 Å². The normalized spacial score (nSPS) is 33.3. The molecular formula is C16H24N4O3. The molecule has 0 amide bonds. The number of nitrogens with zero attached hydrogens (tertiary/aromatic N) is 2. The summed E-state index contributed by atoms with van der Waals surface area (Å²) in [7, 11) is 0. The average Bonchev–Trinajstić information content (AvgIpc) is 3.07. The molecule has 0 radical (unpaired) electrons. The minimum absolute atomic E-state index is 0.139. The van der Waals surface area contributed by atoms with Crippen LogP contribution in [-0.4, -0.2) is 44.7 Å². The molecule has 2 aliphatic heterocycles. The zero-order valence-electron chi connectivity index (χ0n) is 13.3. The fourth-order valence-corrected chi connectivity index (χ4v) is 3.30. The number of aliphatic hydroxyl groups excluding tert-OH is 2. The molecule has 5 N–H and O–H groups in total. The number of nitrogens with two attached hydrogens (primary N) is 1. The molecular weight excluding hydrogens is 296 g/mol. The molecule has 0 aromatic carbocycles. The SMILES string of the molecule is C=C1N/C(N)=C/CC(C)c2c1ncn2C[C@H]1C[C@@H](O)[C@@H](CO)O1. The summed E-state index contributed by atoms with van der Waals surface area (Å²) in [5.41, 5.74) is 8.45. The van der Waals surface area contributed by atoms with Gasteiger partial charge in [0.1, 0.15) is 11.8 Å². The van der Waals surface area contributed by atoms with Gasteiger partial charge in [0.25, 0.3) is 0 Å². The summed E-state index contributed by atoms with van der Waals surface area (Å²) in [4.78, 5) is 4.48. The van der Waals surface area contributed by atoms with Gasteiger partial charge in [0, 0.05) is 18.0 Å². The predicted octanol–water partition coefficient (Wildman–Crippen LogP) is 0.261. The van der Waals surface area contributed by atoms with Crippen molar-refractivity contribution in [1.29, 1.82) is 0 Å². The molecule has 0 spiro atoms. The lowest BCUT2D eigenvalue weighted by atomic mass is 9.99. The van der Waals surface area contributed by atoms with E-state index in [0.717, 1.165) is 17.8 Å². The molecule has 0 bridgehead atoms. The van der Waals surface area contributed by atoms with Crippen LogP contribution in [-0.2, 0) is 11.3 Å². The van der Waals surface area contributed by atoms with Crippen LogP contribution in [0.1, 0.15) is 37.1 Å². The molecule has 0 saturated carbocycles. The van der Waals surface area contributed by atoms with E-state index in [4.69, 9.17) is 10.5 Å². The zero-order chi connectivity index (χ0) is 16.6. The van der Waals surface area contributed by atoms with Crippen LogP contribution in [0.5, 0.6) is 0 Å². The maximum atomic E-state index is 9.88. The highest BCUT2D eigenvalue weighted by Gasteiger charge is 2.34. The summed E-state index contributed by atoms with van der Waals surface area (Å²) in [5.74, 6) is 0.833. The standard InChI is InChI=1S/C16H24N4O3/c1-9-3-4-14(17)19-10(2)15-16(9)20(8-18-15)6-11-5-12(22)13(7-21)23-11/h4,8-9,11-13,19,21-22H,2-3,5-7,17H2,1H3/b14-4+/t9?,11-,12-,13-/m1/s1. The van der Waals surface area contributed by atoms with Crippen LogP contribution in [0.4, 0.5) is 0 Å². The monoisotopic (exact) mass is 320 g/mol. The van der Waals surface area contributed by atoms with Gasteiger partial charge in [0.05, 0.1) is 43.2 Å². The number of ether oxygens (including phenoxy) is 1. The van der Waals surface area contributed by atoms with E-state index in [1.165, 1.54) is 0 Å². The van der Waals surface area contributed by atoms with Crippen molar-refractivity contribution in [3.63, 3.8) is 0 Å². The second-order valence-corrected chi connectivity index (χ2v) is 6.31. The maximum Gasteiger partial charge on any atom is 0.107 e. The molecule has 7 nitrogen and oxygen atoms in total. The minimum atomic E-state index is -0.618. The van der Waals surface area contributed by atoms with E-state index in [-0.39, 0.29) is 18.6 Å². The zero-order valence-corrected chi connectivity index (χ0v) is 13.3. The van der Waals surface area contributed by atoms with Gasteiger partial charge < -0.3 is 30.6 Å². The Morgan fingerprint density at radius 2 is 2.35 bits per heavy atom. The van der Waals surface area contributed by atoms with Gasteiger partial charge >= 0.3 is 0 Å². The lowest BCUT2D eigenvalue weighted by molar-refractivity contribution is -0.0259. The van der Waals surface area contributed by atoms with E-state index in [0.29, 0.717) is 24.5 Å². The molecule has 23 heavy (non-hydrogen) atoms. The number of aliphatic hydroxyl groups is 2. The first-order valence-corrected chi connectivity index (χ1v) is 7.91. The van der Waals surface area contributed by atoms with Crippen molar-refractivity contribution in [2.45, 2.75) is 50.5 Å². The van der Waals surface area contributed by atoms with E-state index in [1.807, 2.05) is 6.08 Å². The highest BCUT2D eigenvalue weighted by molar-refractivity contribution is 5.63. The van der Waals surface area contributed by atoms with Crippen LogP contribution in [0.2, 0.25) is 0 Å². The molecule has 1 unspecified atom stereocenters. The number of aromatic nitrogens is 2. The summed E-state index contributed by atoms with van der Waals surface area (Å²) in [6, 6.07) is 0. The summed E-state index contributed by atoms with van der Waals surface area (Å²) in [5, 5.41) is 22.1. The van der Waals surface area contributed by atoms with Gasteiger partial charge in [-0.2, -0.15) is 0 Å². The maximum absolute atomic E-state index is 9.88. The van der Waals surface area contributed by atoms with Crippen molar-refractivity contribution in [3.05, 3.63) is 36.2 Å². The highest BCUT2D eigenvalue weighted by Crippen LogP contribution is 2.30. The Morgan fingerprint density at radius 3 is 3.04 bits per heavy atom. The van der Waals surface area contributed by atoms with E-state index in [1.54, 1.807) is 6.33 Å². The molecule has 3 rings (SSSR count). The summed E-state index contributed by atoms with van der Waals surface area (Å²) >= 11 is 0. The molecule has 2 aliphatic rings. The molecule has 0 aliphatic carbocycles. The number of nitrogens with one attached hydrogen (secondary N) is 1. The molecule has 7 heteroatoms. The highest BCUT2D eigenvalue weighted by atomic mass is 16.5. The van der Waals surface area contributed by atoms with Crippen molar-refractivity contribution < 1.29 is 14.9 Å². The number of fused-ring (bicyclic) bond motifs is 1. The number of rotatable bonds is 3. The molecule has 3 heterocycles. The Labute approximate surface area is 135 Å². The topological polar surface area (TPSA) is 106 Å². The fourth-order valence-electron chi connectivity index (χ4n) is 3.30. The van der Waals surface area contributed by atoms with Gasteiger partial charge in [-0.1, -0.05) is 13.5 Å². The second kappa shape index (κ2) is 6.35. The Hall–Kier alpha value is -1.83. The first kappa shape index (κ1) is 16.0. The fraction of sp³-hybridized carbons (Fsp3) is 0.562. The molecule has 4 atom stereocenters. The van der Waals surface area contributed by atoms with E-state index < -0.39 is 12.2 Å². The second-order valence-electron chi connectivity index (χ2n) is 6.31. The van der Waals surface area contributed by atoms with Crippen LogP contribution in [0, 0.1) is 0 Å². The van der Waals surface area contributed by atoms with Gasteiger partial charge in [0.15, 0.2) is 0 Å². The van der Waals surface area contributed by atoms with E-state index in [2.05, 4.69) is 28.4 Å². The quantitative estimate of drug-likeness (QED) is 0.637. The molecule has 126 valence electrons. The third-order valence-corrected chi connectivity index (χ3v) is 4.50. The largest absolute Gasteiger partial charge is 0.394 e. The van der Waals surface area contributed by atoms with Crippen molar-refractivity contribution in [2.24, 2.45) is 5.73 Å². The van der Waals surface area contributed by atoms with Gasteiger partial charge in [-0.25, -0.2) is 4.98 Å². The Balaban J connectivity index is 1.82. The Morgan fingerprint density at radius 1 is 1.57 bits per heavy atom.